The van der Waals surface area contributed by atoms with E-state index >= 15 is 0 Å². The largest absolute Gasteiger partial charge is 1.00 e. The van der Waals surface area contributed by atoms with Crippen molar-refractivity contribution in [3.63, 3.8) is 0 Å². The molecule has 0 heterocycles. The van der Waals surface area contributed by atoms with Gasteiger partial charge in [-0.1, -0.05) is 45.4 Å². The van der Waals surface area contributed by atoms with Crippen molar-refractivity contribution >= 4 is 8.80 Å². The summed E-state index contributed by atoms with van der Waals surface area (Å²) in [5.74, 6) is 0. The Balaban J connectivity index is 0. The normalized spacial score (nSPS) is 12.2. The standard InChI is InChI=1S/C20H46NO3Si.HI/c1-7-8-9-10-11-12-13-15-18-21(2,3)19-16-14-17-20-25(22-4,23-5)24-6;/h7-20H2,1-6H3;1H/q+1;/p-1. The van der Waals surface area contributed by atoms with Gasteiger partial charge in [-0.05, 0) is 32.1 Å². The fraction of sp³-hybridized carbons (Fsp3) is 1.00. The summed E-state index contributed by atoms with van der Waals surface area (Å²) in [5.41, 5.74) is 0. The van der Waals surface area contributed by atoms with Crippen molar-refractivity contribution in [2.75, 3.05) is 48.5 Å². The molecule has 0 aromatic carbocycles. The molecule has 26 heavy (non-hydrogen) atoms. The molecule has 4 nitrogen and oxygen atoms in total. The van der Waals surface area contributed by atoms with E-state index in [1.54, 1.807) is 21.3 Å². The van der Waals surface area contributed by atoms with Crippen molar-refractivity contribution in [2.45, 2.75) is 83.6 Å². The number of hydrogen-bond donors (Lipinski definition) is 0. The Labute approximate surface area is 182 Å². The number of halogens is 1. The molecule has 0 rings (SSSR count). The maximum atomic E-state index is 5.48. The van der Waals surface area contributed by atoms with Crippen LogP contribution in [0, 0.1) is 0 Å². The van der Waals surface area contributed by atoms with E-state index in [0.717, 1.165) is 16.9 Å². The minimum Gasteiger partial charge on any atom is -1.00 e. The zero-order valence-corrected chi connectivity index (χ0v) is 21.6. The fourth-order valence-electron chi connectivity index (χ4n) is 3.40. The van der Waals surface area contributed by atoms with Crippen LogP contribution in [0.1, 0.15) is 77.6 Å². The number of rotatable bonds is 18. The van der Waals surface area contributed by atoms with Gasteiger partial charge in [-0.3, -0.25) is 0 Å². The van der Waals surface area contributed by atoms with Gasteiger partial charge >= 0.3 is 8.80 Å². The Kier molecular flexibility index (Phi) is 19.9. The summed E-state index contributed by atoms with van der Waals surface area (Å²) in [7, 11) is 7.48. The Bertz CT molecular complexity index is 295. The smallest absolute Gasteiger partial charge is 0.500 e. The van der Waals surface area contributed by atoms with Crippen LogP contribution in [-0.2, 0) is 13.3 Å². The molecular weight excluding hydrogens is 457 g/mol. The van der Waals surface area contributed by atoms with Crippen LogP contribution in [-0.4, -0.2) is 61.8 Å². The predicted molar refractivity (Wildman–Crippen MR) is 110 cm³/mol. The van der Waals surface area contributed by atoms with Crippen LogP contribution in [0.5, 0.6) is 0 Å². The Hall–Kier alpha value is 0.787. The van der Waals surface area contributed by atoms with Gasteiger partial charge in [0.2, 0.25) is 0 Å². The lowest BCUT2D eigenvalue weighted by Crippen LogP contribution is -3.00. The third-order valence-corrected chi connectivity index (χ3v) is 8.13. The Morgan fingerprint density at radius 1 is 0.615 bits per heavy atom. The minimum atomic E-state index is -2.36. The third kappa shape index (κ3) is 14.8. The van der Waals surface area contributed by atoms with Gasteiger partial charge in [0, 0.05) is 27.4 Å². The summed E-state index contributed by atoms with van der Waals surface area (Å²) >= 11 is 0. The van der Waals surface area contributed by atoms with Crippen molar-refractivity contribution in [3.8, 4) is 0 Å². The van der Waals surface area contributed by atoms with Crippen LogP contribution >= 0.6 is 0 Å². The van der Waals surface area contributed by atoms with Gasteiger partial charge in [-0.15, -0.1) is 0 Å². The molecule has 0 amide bonds. The second kappa shape index (κ2) is 17.9. The summed E-state index contributed by atoms with van der Waals surface area (Å²) in [6.07, 6.45) is 14.8. The van der Waals surface area contributed by atoms with Gasteiger partial charge in [0.25, 0.3) is 0 Å². The van der Waals surface area contributed by atoms with E-state index < -0.39 is 8.80 Å². The van der Waals surface area contributed by atoms with Crippen LogP contribution in [0.2, 0.25) is 6.04 Å². The van der Waals surface area contributed by atoms with Crippen LogP contribution < -0.4 is 24.0 Å². The van der Waals surface area contributed by atoms with Gasteiger partial charge in [0.15, 0.2) is 0 Å². The maximum Gasteiger partial charge on any atom is 0.500 e. The second-order valence-electron chi connectivity index (χ2n) is 7.96. The number of quaternary nitrogens is 1. The van der Waals surface area contributed by atoms with Crippen molar-refractivity contribution in [2.24, 2.45) is 0 Å². The molecular formula is C20H46INO3Si. The van der Waals surface area contributed by atoms with Crippen LogP contribution in [0.4, 0.5) is 0 Å². The average molecular weight is 504 g/mol. The molecule has 0 N–H and O–H groups in total. The van der Waals surface area contributed by atoms with E-state index in [4.69, 9.17) is 13.3 Å². The highest BCUT2D eigenvalue weighted by atomic mass is 127. The molecule has 160 valence electrons. The second-order valence-corrected chi connectivity index (χ2v) is 11.1. The van der Waals surface area contributed by atoms with Gasteiger partial charge in [0.05, 0.1) is 27.2 Å². The first-order valence-corrected chi connectivity index (χ1v) is 12.4. The SMILES string of the molecule is CCCCCCCCCC[N+](C)(C)CCCCC[Si](OC)(OC)OC.[I-]. The molecule has 0 aliphatic carbocycles. The highest BCUT2D eigenvalue weighted by Crippen LogP contribution is 2.18. The van der Waals surface area contributed by atoms with Crippen LogP contribution in [0.3, 0.4) is 0 Å². The summed E-state index contributed by atoms with van der Waals surface area (Å²) in [6, 6.07) is 0.919. The molecule has 0 fully saturated rings. The molecule has 0 atom stereocenters. The van der Waals surface area contributed by atoms with Crippen LogP contribution in [0.15, 0.2) is 0 Å². The number of hydrogen-bond acceptors (Lipinski definition) is 3. The number of nitrogens with zero attached hydrogens (tertiary/aromatic N) is 1. The lowest BCUT2D eigenvalue weighted by atomic mass is 10.1. The van der Waals surface area contributed by atoms with Crippen molar-refractivity contribution in [1.82, 2.24) is 0 Å². The summed E-state index contributed by atoms with van der Waals surface area (Å²) in [4.78, 5) is 0. The monoisotopic (exact) mass is 503 g/mol. The van der Waals surface area contributed by atoms with E-state index in [2.05, 4.69) is 21.0 Å². The molecule has 0 radical (unpaired) electrons. The molecule has 0 saturated heterocycles. The predicted octanol–water partition coefficient (Wildman–Crippen LogP) is 2.26. The Morgan fingerprint density at radius 2 is 1.00 bits per heavy atom. The van der Waals surface area contributed by atoms with Crippen LogP contribution in [0.25, 0.3) is 0 Å². The molecule has 0 aliphatic heterocycles. The quantitative estimate of drug-likeness (QED) is 0.124. The molecule has 0 saturated carbocycles. The lowest BCUT2D eigenvalue weighted by Gasteiger charge is -2.30. The highest BCUT2D eigenvalue weighted by Gasteiger charge is 2.36. The van der Waals surface area contributed by atoms with E-state index in [9.17, 15) is 0 Å². The van der Waals surface area contributed by atoms with Crippen molar-refractivity contribution in [3.05, 3.63) is 0 Å². The van der Waals surface area contributed by atoms with Gasteiger partial charge < -0.3 is 41.7 Å². The Morgan fingerprint density at radius 3 is 1.42 bits per heavy atom. The third-order valence-electron chi connectivity index (χ3n) is 5.30. The van der Waals surface area contributed by atoms with Crippen molar-refractivity contribution in [1.29, 1.82) is 0 Å². The average Bonchev–Trinajstić information content (AvgIpc) is 2.61. The summed E-state index contributed by atoms with van der Waals surface area (Å²) < 4.78 is 17.6. The van der Waals surface area contributed by atoms with Gasteiger partial charge in [-0.25, -0.2) is 0 Å². The maximum absolute atomic E-state index is 5.48. The first kappa shape index (κ1) is 29.0. The van der Waals surface area contributed by atoms with E-state index in [-0.39, 0.29) is 24.0 Å². The topological polar surface area (TPSA) is 27.7 Å². The van der Waals surface area contributed by atoms with E-state index in [1.807, 2.05) is 0 Å². The highest BCUT2D eigenvalue weighted by molar-refractivity contribution is 6.60. The van der Waals surface area contributed by atoms with E-state index in [0.29, 0.717) is 0 Å². The molecule has 6 heteroatoms. The first-order chi connectivity index (χ1) is 11.9. The van der Waals surface area contributed by atoms with Crippen molar-refractivity contribution < 1.29 is 41.7 Å². The van der Waals surface area contributed by atoms with E-state index in [1.165, 1.54) is 77.3 Å². The number of unbranched alkanes of at least 4 members (excludes halogenated alkanes) is 9. The zero-order valence-electron chi connectivity index (χ0n) is 18.4. The summed E-state index contributed by atoms with van der Waals surface area (Å²) in [6.45, 7) is 4.85. The molecule has 0 spiro atoms. The van der Waals surface area contributed by atoms with Gasteiger partial charge in [0.1, 0.15) is 0 Å². The van der Waals surface area contributed by atoms with Gasteiger partial charge in [-0.2, -0.15) is 0 Å². The first-order valence-electron chi connectivity index (χ1n) is 10.4. The molecule has 0 aliphatic rings. The summed E-state index contributed by atoms with van der Waals surface area (Å²) in [5, 5.41) is 0. The minimum absolute atomic E-state index is 0. The lowest BCUT2D eigenvalue weighted by molar-refractivity contribution is -0.890. The molecule has 0 unspecified atom stereocenters. The molecule has 0 bridgehead atoms. The fourth-order valence-corrected chi connectivity index (χ4v) is 5.20. The molecule has 0 aromatic heterocycles. The zero-order chi connectivity index (χ0) is 19.0. The molecule has 0 aromatic rings.